The molecule has 0 aliphatic rings. The quantitative estimate of drug-likeness (QED) is 0.472. The summed E-state index contributed by atoms with van der Waals surface area (Å²) in [5, 5.41) is 6.16. The number of halogens is 4. The first-order chi connectivity index (χ1) is 14.1. The summed E-state index contributed by atoms with van der Waals surface area (Å²) in [4.78, 5) is 29.6. The Kier molecular flexibility index (Phi) is 6.81. The first-order valence-corrected chi connectivity index (χ1v) is 17.5. The van der Waals surface area contributed by atoms with Gasteiger partial charge in [0.15, 0.2) is 0 Å². The van der Waals surface area contributed by atoms with E-state index in [-0.39, 0.29) is 17.5 Å². The molecule has 6 nitrogen and oxygen atoms in total. The number of rotatable bonds is 5. The zero-order chi connectivity index (χ0) is 21.9. The van der Waals surface area contributed by atoms with Gasteiger partial charge in [-0.2, -0.15) is 0 Å². The zero-order valence-electron chi connectivity index (χ0n) is 16.0. The van der Waals surface area contributed by atoms with Crippen molar-refractivity contribution in [3.63, 3.8) is 0 Å². The van der Waals surface area contributed by atoms with Crippen molar-refractivity contribution in [2.45, 2.75) is 16.1 Å². The van der Waals surface area contributed by atoms with E-state index in [1.165, 1.54) is 0 Å². The van der Waals surface area contributed by atoms with E-state index < -0.39 is 37.4 Å². The molecule has 3 rings (SSSR count). The number of amides is 1. The fraction of sp³-hybridized carbons (Fsp3) is 0.158. The third-order valence-corrected chi connectivity index (χ3v) is 7.91. The Balaban J connectivity index is 1.83. The number of nitrogens with one attached hydrogen (secondary N) is 2. The van der Waals surface area contributed by atoms with E-state index in [1.54, 1.807) is 24.3 Å². The van der Waals surface area contributed by atoms with Crippen molar-refractivity contribution in [3.8, 4) is 0 Å². The predicted octanol–water partition coefficient (Wildman–Crippen LogP) is 4.23. The molecule has 156 valence electrons. The normalized spacial score (nSPS) is 11.4. The van der Waals surface area contributed by atoms with Gasteiger partial charge in [-0.1, -0.05) is 0 Å². The van der Waals surface area contributed by atoms with Crippen LogP contribution < -0.4 is 14.5 Å². The number of benzene rings is 2. The van der Waals surface area contributed by atoms with Crippen LogP contribution in [-0.2, 0) is 6.18 Å². The summed E-state index contributed by atoms with van der Waals surface area (Å²) in [5.74, 6) is -0.320. The summed E-state index contributed by atoms with van der Waals surface area (Å²) in [7, 11) is 0. The van der Waals surface area contributed by atoms with Gasteiger partial charge in [0.2, 0.25) is 0 Å². The summed E-state index contributed by atoms with van der Waals surface area (Å²) in [5.41, 5.74) is -0.0643. The number of hydrogen-bond acceptors (Lipinski definition) is 5. The topological polar surface area (TPSA) is 79.8 Å². The van der Waals surface area contributed by atoms with Gasteiger partial charge in [-0.15, -0.1) is 0 Å². The molecule has 0 saturated carbocycles. The van der Waals surface area contributed by atoms with Crippen LogP contribution in [0.5, 0.6) is 0 Å². The van der Waals surface area contributed by atoms with Gasteiger partial charge in [-0.05, 0) is 0 Å². The molecule has 0 unspecified atom stereocenters. The third-order valence-electron chi connectivity index (χ3n) is 3.97. The van der Waals surface area contributed by atoms with E-state index in [0.29, 0.717) is 14.6 Å². The molecule has 0 radical (unpaired) electrons. The summed E-state index contributed by atoms with van der Waals surface area (Å²) < 4.78 is 38.7. The van der Waals surface area contributed by atoms with Crippen molar-refractivity contribution in [3.05, 3.63) is 64.7 Å². The van der Waals surface area contributed by atoms with Crippen LogP contribution in [0.15, 0.2) is 48.5 Å². The number of hydrogen-bond donors (Lipinski definition) is 2. The number of nitrogens with zero attached hydrogens (tertiary/aromatic N) is 3. The summed E-state index contributed by atoms with van der Waals surface area (Å²) in [6.45, 7) is 0. The number of aromatic nitrogens is 3. The zero-order valence-corrected chi connectivity index (χ0v) is 20.0. The molecule has 0 saturated heterocycles. The van der Waals surface area contributed by atoms with Crippen molar-refractivity contribution < 1.29 is 18.0 Å². The minimum atomic E-state index is -4.47. The molecule has 0 atom stereocenters. The number of carbonyl (C=O) groups is 1. The molecule has 1 heterocycles. The van der Waals surface area contributed by atoms with Crippen LogP contribution in [0, 0.1) is 0 Å². The average molecular weight is 543 g/mol. The van der Waals surface area contributed by atoms with Crippen LogP contribution in [0.25, 0.3) is 0 Å². The van der Waals surface area contributed by atoms with Crippen LogP contribution in [0.3, 0.4) is 0 Å². The Morgan fingerprint density at radius 2 is 1.53 bits per heavy atom. The molecule has 2 aromatic carbocycles. The van der Waals surface area contributed by atoms with Gasteiger partial charge in [-0.3, -0.25) is 0 Å². The van der Waals surface area contributed by atoms with E-state index in [9.17, 15) is 18.0 Å². The van der Waals surface area contributed by atoms with E-state index in [1.807, 2.05) is 0 Å². The predicted molar refractivity (Wildman–Crippen MR) is 112 cm³/mol. The molecule has 0 bridgehead atoms. The maximum atomic E-state index is 12.7. The van der Waals surface area contributed by atoms with Gasteiger partial charge >= 0.3 is 183 Å². The Hall–Kier alpha value is -2.40. The molecule has 0 aliphatic heterocycles. The Morgan fingerprint density at radius 1 is 0.933 bits per heavy atom. The van der Waals surface area contributed by atoms with Gasteiger partial charge in [0.25, 0.3) is 0 Å². The molecule has 1 amide bonds. The second-order valence-electron chi connectivity index (χ2n) is 6.66. The van der Waals surface area contributed by atoms with Crippen molar-refractivity contribution in [1.82, 2.24) is 15.0 Å². The molecule has 1 aromatic heterocycles. The summed E-state index contributed by atoms with van der Waals surface area (Å²) >= 11 is 3.73. The summed E-state index contributed by atoms with van der Waals surface area (Å²) in [6, 6.07) is 10.8. The molecular formula is C19H17ClF3N5OSn. The SMILES string of the molecule is [CH3][SnH]([CH3])[c]1nc(NC(=O)c2ccc(C(F)(F)F)cc2)nc(Nc2ccc(Cl)cc2)n1. The molecule has 11 heteroatoms. The first-order valence-electron chi connectivity index (χ1n) is 8.89. The standard InChI is InChI=1S/C17H10ClF3N5O.2CH3.Sn.H/c18-12-5-7-13(8-6-12)24-15-22-9-23-16(26-15)25-14(27)10-1-3-11(4-2-10)17(19,20)21;;;;/h1-8H,(H2,22,23,24,25,26,27);2*1H3;;. The van der Waals surface area contributed by atoms with Crippen LogP contribution in [-0.4, -0.2) is 40.6 Å². The van der Waals surface area contributed by atoms with Crippen molar-refractivity contribution >= 4 is 58.7 Å². The Bertz CT molecular complexity index is 1040. The van der Waals surface area contributed by atoms with Gasteiger partial charge in [0.05, 0.1) is 0 Å². The second kappa shape index (κ2) is 9.17. The van der Waals surface area contributed by atoms with Crippen LogP contribution in [0.4, 0.5) is 30.8 Å². The summed E-state index contributed by atoms with van der Waals surface area (Å²) in [6.07, 6.45) is -4.47. The van der Waals surface area contributed by atoms with Crippen molar-refractivity contribution in [2.75, 3.05) is 10.6 Å². The third kappa shape index (κ3) is 5.82. The number of anilines is 3. The monoisotopic (exact) mass is 543 g/mol. The van der Waals surface area contributed by atoms with Gasteiger partial charge in [0, 0.05) is 0 Å². The Labute approximate surface area is 182 Å². The van der Waals surface area contributed by atoms with E-state index in [4.69, 9.17) is 11.6 Å². The molecule has 0 aliphatic carbocycles. The van der Waals surface area contributed by atoms with Crippen LogP contribution >= 0.6 is 11.6 Å². The fourth-order valence-electron chi connectivity index (χ4n) is 2.41. The second-order valence-corrected chi connectivity index (χ2v) is 15.2. The van der Waals surface area contributed by atoms with Gasteiger partial charge in [-0.25, -0.2) is 0 Å². The van der Waals surface area contributed by atoms with Crippen molar-refractivity contribution in [2.24, 2.45) is 0 Å². The van der Waals surface area contributed by atoms with Crippen LogP contribution in [0.1, 0.15) is 15.9 Å². The fourth-order valence-corrected chi connectivity index (χ4v) is 4.71. The average Bonchev–Trinajstić information content (AvgIpc) is 2.69. The molecule has 2 N–H and O–H groups in total. The molecule has 3 aromatic rings. The number of alkyl halides is 3. The maximum absolute atomic E-state index is 12.7. The Morgan fingerprint density at radius 3 is 2.10 bits per heavy atom. The van der Waals surface area contributed by atoms with E-state index in [2.05, 4.69) is 35.5 Å². The molecule has 0 spiro atoms. The first kappa shape index (κ1) is 22.3. The van der Waals surface area contributed by atoms with Gasteiger partial charge in [0.1, 0.15) is 0 Å². The molecule has 0 fully saturated rings. The number of carbonyl (C=O) groups excluding carboxylic acids is 1. The molecule has 30 heavy (non-hydrogen) atoms. The van der Waals surface area contributed by atoms with Crippen molar-refractivity contribution in [1.29, 1.82) is 0 Å². The van der Waals surface area contributed by atoms with E-state index >= 15 is 0 Å². The minimum absolute atomic E-state index is 0.0340. The van der Waals surface area contributed by atoms with Gasteiger partial charge < -0.3 is 0 Å². The van der Waals surface area contributed by atoms with Crippen LogP contribution in [0.2, 0.25) is 14.9 Å². The van der Waals surface area contributed by atoms with E-state index in [0.717, 1.165) is 24.3 Å². The molecular weight excluding hydrogens is 525 g/mol.